The number of aryl methyl sites for hydroxylation is 1. The van der Waals surface area contributed by atoms with Gasteiger partial charge in [-0.25, -0.2) is 14.0 Å². The Kier molecular flexibility index (Phi) is 15.2. The van der Waals surface area contributed by atoms with Crippen LogP contribution in [0.2, 0.25) is 0 Å². The Morgan fingerprint density at radius 3 is 1.91 bits per heavy atom. The Balaban J connectivity index is 2.00. The van der Waals surface area contributed by atoms with Gasteiger partial charge in [-0.2, -0.15) is 5.26 Å². The zero-order valence-corrected chi connectivity index (χ0v) is 34.6. The Labute approximate surface area is 328 Å². The number of nitrogens with one attached hydrogen (secondary N) is 1. The molecule has 2 atom stereocenters. The monoisotopic (exact) mass is 790 g/mol. The molecule has 0 aliphatic rings. The minimum Gasteiger partial charge on any atom is -0.497 e. The third kappa shape index (κ3) is 9.82. The standard InChI is InChI=1S/C41H51N4O8PS/c1-28(2)45(29(3)4)54(52-25-13-24-42)53-36(38(47)44-26-30(5)37(46)43-39(44)48)40(6,51-9)27-55-41(31-14-11-10-12-15-31,32-16-20-34(49-7)21-17-32)33-18-22-35(50-8)23-19-33/h10-12,14-23,26,28-29,47H,13,25,27H2,1-9H3,(H,43,46,48)/b38-36-. The maximum atomic E-state index is 13.3. The number of thioether (sulfide) groups is 1. The number of nitriles is 1. The summed E-state index contributed by atoms with van der Waals surface area (Å²) >= 11 is 1.54. The van der Waals surface area contributed by atoms with Crippen LogP contribution in [0.5, 0.6) is 11.5 Å². The smallest absolute Gasteiger partial charge is 0.335 e. The fourth-order valence-electron chi connectivity index (χ4n) is 6.11. The Bertz CT molecular complexity index is 1990. The van der Waals surface area contributed by atoms with Gasteiger partial charge in [0.25, 0.3) is 5.56 Å². The van der Waals surface area contributed by atoms with Crippen LogP contribution in [0.1, 0.15) is 63.3 Å². The lowest BCUT2D eigenvalue weighted by Crippen LogP contribution is -2.41. The quantitative estimate of drug-likeness (QED) is 0.0413. The molecule has 0 aliphatic heterocycles. The van der Waals surface area contributed by atoms with Crippen molar-refractivity contribution < 1.29 is 28.4 Å². The molecule has 0 aliphatic carbocycles. The molecule has 294 valence electrons. The van der Waals surface area contributed by atoms with Crippen molar-refractivity contribution in [1.82, 2.24) is 14.2 Å². The lowest BCUT2D eigenvalue weighted by molar-refractivity contribution is 0.0224. The normalized spacial score (nSPS) is 13.9. The summed E-state index contributed by atoms with van der Waals surface area (Å²) in [6.45, 7) is 11.3. The topological polar surface area (TPSA) is 148 Å². The molecule has 0 radical (unpaired) electrons. The molecule has 1 heterocycles. The van der Waals surface area contributed by atoms with Gasteiger partial charge in [0.1, 0.15) is 17.1 Å². The van der Waals surface area contributed by atoms with E-state index in [1.807, 2.05) is 99.1 Å². The maximum absolute atomic E-state index is 13.3. The first-order valence-corrected chi connectivity index (χ1v) is 19.9. The summed E-state index contributed by atoms with van der Waals surface area (Å²) in [4.78, 5) is 28.0. The van der Waals surface area contributed by atoms with Gasteiger partial charge < -0.3 is 28.4 Å². The van der Waals surface area contributed by atoms with Crippen molar-refractivity contribution in [3.05, 3.63) is 134 Å². The van der Waals surface area contributed by atoms with Crippen LogP contribution in [0, 0.1) is 18.3 Å². The molecule has 2 N–H and O–H groups in total. The van der Waals surface area contributed by atoms with Crippen LogP contribution >= 0.6 is 20.3 Å². The van der Waals surface area contributed by atoms with Crippen LogP contribution in [0.25, 0.3) is 5.88 Å². The van der Waals surface area contributed by atoms with E-state index < -0.39 is 36.0 Å². The molecule has 2 unspecified atom stereocenters. The second kappa shape index (κ2) is 19.3. The van der Waals surface area contributed by atoms with Gasteiger partial charge >= 0.3 is 14.2 Å². The third-order valence-electron chi connectivity index (χ3n) is 9.05. The van der Waals surface area contributed by atoms with Crippen LogP contribution in [0.4, 0.5) is 0 Å². The molecule has 0 amide bonds. The summed E-state index contributed by atoms with van der Waals surface area (Å²) in [5.74, 6) is 0.857. The first-order valence-electron chi connectivity index (χ1n) is 17.8. The van der Waals surface area contributed by atoms with Crippen molar-refractivity contribution >= 4 is 26.2 Å². The average Bonchev–Trinajstić information content (AvgIpc) is 3.18. The largest absolute Gasteiger partial charge is 0.497 e. The van der Waals surface area contributed by atoms with Crippen molar-refractivity contribution in [1.29, 1.82) is 5.26 Å². The minimum atomic E-state index is -1.99. The van der Waals surface area contributed by atoms with Crippen LogP contribution in [0.15, 0.2) is 100 Å². The van der Waals surface area contributed by atoms with Crippen LogP contribution in [-0.2, 0) is 18.5 Å². The molecule has 1 aromatic heterocycles. The summed E-state index contributed by atoms with van der Waals surface area (Å²) in [6, 6.07) is 27.7. The molecular formula is C41H51N4O8PS. The number of H-pyrrole nitrogens is 1. The Morgan fingerprint density at radius 1 is 0.909 bits per heavy atom. The van der Waals surface area contributed by atoms with Crippen molar-refractivity contribution in [2.75, 3.05) is 33.7 Å². The van der Waals surface area contributed by atoms with Crippen molar-refractivity contribution in [2.45, 2.75) is 70.4 Å². The van der Waals surface area contributed by atoms with Crippen LogP contribution in [0.3, 0.4) is 0 Å². The van der Waals surface area contributed by atoms with Gasteiger partial charge in [-0.1, -0.05) is 54.6 Å². The molecule has 4 aromatic rings. The highest BCUT2D eigenvalue weighted by Gasteiger charge is 2.45. The number of hydrogen-bond donors (Lipinski definition) is 2. The fraction of sp³-hybridized carbons (Fsp3) is 0.390. The van der Waals surface area contributed by atoms with Gasteiger partial charge in [0.2, 0.25) is 5.88 Å². The van der Waals surface area contributed by atoms with Crippen LogP contribution in [-0.4, -0.2) is 70.7 Å². The molecule has 3 aromatic carbocycles. The molecule has 0 saturated carbocycles. The molecule has 12 nitrogen and oxygen atoms in total. The molecular weight excluding hydrogens is 740 g/mol. The SMILES string of the molecule is COc1ccc(C(SCC(C)(OC)/C(OP(OCCC#N)N(C(C)C)C(C)C)=C(/O)n2cc(C)c(=O)[nH]c2=O)(c2ccccc2)c2ccc(OC)cc2)cc1. The van der Waals surface area contributed by atoms with Gasteiger partial charge in [-0.05, 0) is 82.5 Å². The number of nitrogens with zero attached hydrogens (tertiary/aromatic N) is 3. The molecule has 0 saturated heterocycles. The van der Waals surface area contributed by atoms with Crippen LogP contribution < -0.4 is 20.7 Å². The van der Waals surface area contributed by atoms with Crippen molar-refractivity contribution in [3.63, 3.8) is 0 Å². The first kappa shape index (κ1) is 43.2. The van der Waals surface area contributed by atoms with E-state index in [4.69, 9.17) is 23.3 Å². The second-order valence-electron chi connectivity index (χ2n) is 13.5. The summed E-state index contributed by atoms with van der Waals surface area (Å²) in [5.41, 5.74) is 0.129. The number of benzene rings is 3. The maximum Gasteiger partial charge on any atom is 0.335 e. The Morgan fingerprint density at radius 2 is 1.44 bits per heavy atom. The van der Waals surface area contributed by atoms with E-state index in [0.717, 1.165) is 21.3 Å². The number of aromatic nitrogens is 2. The van der Waals surface area contributed by atoms with E-state index in [1.54, 1.807) is 21.1 Å². The molecule has 0 bridgehead atoms. The molecule has 14 heteroatoms. The fourth-order valence-corrected chi connectivity index (χ4v) is 9.47. The first-order chi connectivity index (χ1) is 26.3. The average molecular weight is 791 g/mol. The lowest BCUT2D eigenvalue weighted by atomic mass is 9.84. The molecule has 55 heavy (non-hydrogen) atoms. The Hall–Kier alpha value is -4.57. The third-order valence-corrected chi connectivity index (χ3v) is 12.9. The number of aromatic amines is 1. The number of aliphatic hydroxyl groups excluding tert-OH is 1. The minimum absolute atomic E-state index is 0.0639. The zero-order valence-electron chi connectivity index (χ0n) is 32.9. The van der Waals surface area contributed by atoms with E-state index in [9.17, 15) is 20.0 Å². The van der Waals surface area contributed by atoms with Gasteiger partial charge in [-0.3, -0.25) is 9.78 Å². The summed E-state index contributed by atoms with van der Waals surface area (Å²) in [6.07, 6.45) is 1.37. The van der Waals surface area contributed by atoms with E-state index in [0.29, 0.717) is 11.5 Å². The molecule has 4 rings (SSSR count). The highest BCUT2D eigenvalue weighted by Crippen LogP contribution is 2.54. The van der Waals surface area contributed by atoms with Crippen molar-refractivity contribution in [2.24, 2.45) is 0 Å². The van der Waals surface area contributed by atoms with E-state index >= 15 is 0 Å². The predicted octanol–water partition coefficient (Wildman–Crippen LogP) is 7.97. The highest BCUT2D eigenvalue weighted by atomic mass is 32.2. The molecule has 0 fully saturated rings. The van der Waals surface area contributed by atoms with Crippen molar-refractivity contribution in [3.8, 4) is 17.6 Å². The van der Waals surface area contributed by atoms with Gasteiger partial charge in [0.15, 0.2) is 5.76 Å². The van der Waals surface area contributed by atoms with Gasteiger partial charge in [0, 0.05) is 36.7 Å². The lowest BCUT2D eigenvalue weighted by Gasteiger charge is -2.41. The summed E-state index contributed by atoms with van der Waals surface area (Å²) < 4.78 is 32.5. The summed E-state index contributed by atoms with van der Waals surface area (Å²) in [5, 5.41) is 21.5. The number of methoxy groups -OCH3 is 3. The van der Waals surface area contributed by atoms with E-state index in [-0.39, 0.29) is 42.2 Å². The number of hydrogen-bond acceptors (Lipinski definition) is 11. The van der Waals surface area contributed by atoms with Gasteiger partial charge in [-0.15, -0.1) is 11.8 Å². The van der Waals surface area contributed by atoms with E-state index in [2.05, 4.69) is 23.2 Å². The van der Waals surface area contributed by atoms with Gasteiger partial charge in [0.05, 0.1) is 38.1 Å². The highest BCUT2D eigenvalue weighted by molar-refractivity contribution is 8.00. The zero-order chi connectivity index (χ0) is 40.3. The number of ether oxygens (including phenoxy) is 3. The number of rotatable bonds is 19. The van der Waals surface area contributed by atoms with E-state index in [1.165, 1.54) is 32.0 Å². The molecule has 0 spiro atoms. The second-order valence-corrected chi connectivity index (χ2v) is 16.0. The number of aliphatic hydroxyl groups is 1. The predicted molar refractivity (Wildman–Crippen MR) is 218 cm³/mol. The summed E-state index contributed by atoms with van der Waals surface area (Å²) in [7, 11) is 2.75.